The van der Waals surface area contributed by atoms with Crippen molar-refractivity contribution in [2.45, 2.75) is 12.8 Å². The molecule has 4 nitrogen and oxygen atoms in total. The smallest absolute Gasteiger partial charge is 0.337 e. The Kier molecular flexibility index (Phi) is 7.66. The van der Waals surface area contributed by atoms with E-state index >= 15 is 0 Å². The molecule has 0 spiro atoms. The van der Waals surface area contributed by atoms with Gasteiger partial charge >= 0.3 is 5.97 Å². The minimum Gasteiger partial charge on any atom is -0.484 e. The Hall–Kier alpha value is -2.63. The van der Waals surface area contributed by atoms with Gasteiger partial charge in [0.05, 0.1) is 17.1 Å². The van der Waals surface area contributed by atoms with Crippen LogP contribution in [0.4, 0.5) is 0 Å². The normalized spacial score (nSPS) is 10.5. The summed E-state index contributed by atoms with van der Waals surface area (Å²) in [6.07, 6.45) is 1.38. The van der Waals surface area contributed by atoms with Crippen molar-refractivity contribution in [3.8, 4) is 5.75 Å². The lowest BCUT2D eigenvalue weighted by Gasteiger charge is -2.14. The lowest BCUT2D eigenvalue weighted by atomic mass is 10.0. The predicted octanol–water partition coefficient (Wildman–Crippen LogP) is 5.94. The van der Waals surface area contributed by atoms with Crippen molar-refractivity contribution in [1.29, 1.82) is 0 Å². The third kappa shape index (κ3) is 5.71. The van der Waals surface area contributed by atoms with Gasteiger partial charge in [-0.2, -0.15) is 0 Å². The van der Waals surface area contributed by atoms with Crippen LogP contribution >= 0.6 is 27.5 Å². The van der Waals surface area contributed by atoms with Crippen LogP contribution in [0.5, 0.6) is 5.75 Å². The third-order valence-electron chi connectivity index (χ3n) is 4.59. The molecule has 0 bridgehead atoms. The summed E-state index contributed by atoms with van der Waals surface area (Å²) in [6.45, 7) is -0.0644. The highest BCUT2D eigenvalue weighted by molar-refractivity contribution is 9.10. The Morgan fingerprint density at radius 3 is 2.30 bits per heavy atom. The molecule has 0 aliphatic heterocycles. The second kappa shape index (κ2) is 10.4. The maximum absolute atomic E-state index is 12.4. The molecule has 0 unspecified atom stereocenters. The first kappa shape index (κ1) is 22.1. The topological polar surface area (TPSA) is 52.6 Å². The summed E-state index contributed by atoms with van der Waals surface area (Å²) in [7, 11) is 1.36. The van der Waals surface area contributed by atoms with Crippen molar-refractivity contribution in [1.82, 2.24) is 0 Å². The molecule has 30 heavy (non-hydrogen) atoms. The molecule has 0 amide bonds. The predicted molar refractivity (Wildman–Crippen MR) is 121 cm³/mol. The number of ketones is 1. The average molecular weight is 488 g/mol. The van der Waals surface area contributed by atoms with Crippen molar-refractivity contribution in [3.63, 3.8) is 0 Å². The van der Waals surface area contributed by atoms with Crippen LogP contribution in [0.3, 0.4) is 0 Å². The highest BCUT2D eigenvalue weighted by atomic mass is 79.9. The van der Waals surface area contributed by atoms with E-state index in [4.69, 9.17) is 21.1 Å². The van der Waals surface area contributed by atoms with Crippen molar-refractivity contribution in [2.75, 3.05) is 13.7 Å². The molecule has 6 heteroatoms. The summed E-state index contributed by atoms with van der Waals surface area (Å²) in [5, 5.41) is 0.583. The molecule has 0 heterocycles. The molecule has 0 aromatic heterocycles. The van der Waals surface area contributed by atoms with Crippen LogP contribution in [-0.2, 0) is 17.6 Å². The van der Waals surface area contributed by atoms with E-state index in [9.17, 15) is 9.59 Å². The van der Waals surface area contributed by atoms with E-state index in [1.807, 2.05) is 36.4 Å². The Morgan fingerprint density at radius 2 is 1.63 bits per heavy atom. The Labute approximate surface area is 188 Å². The maximum Gasteiger partial charge on any atom is 0.337 e. The molecule has 0 aliphatic rings. The molecule has 3 aromatic rings. The van der Waals surface area contributed by atoms with E-state index in [1.165, 1.54) is 7.11 Å². The van der Waals surface area contributed by atoms with Crippen molar-refractivity contribution in [2.24, 2.45) is 0 Å². The summed E-state index contributed by atoms with van der Waals surface area (Å²) in [5.41, 5.74) is 3.07. The lowest BCUT2D eigenvalue weighted by molar-refractivity contribution is 0.0600. The molecule has 3 rings (SSSR count). The Morgan fingerprint density at radius 1 is 0.933 bits per heavy atom. The van der Waals surface area contributed by atoms with Gasteiger partial charge in [0, 0.05) is 10.6 Å². The van der Waals surface area contributed by atoms with Gasteiger partial charge in [-0.1, -0.05) is 54.1 Å². The number of hydrogen-bond donors (Lipinski definition) is 0. The maximum atomic E-state index is 12.4. The van der Waals surface area contributed by atoms with Gasteiger partial charge in [-0.15, -0.1) is 0 Å². The quantitative estimate of drug-likeness (QED) is 0.292. The van der Waals surface area contributed by atoms with Crippen LogP contribution in [0.2, 0.25) is 5.02 Å². The standard InChI is InChI=1S/C24H20BrClO4/c1-29-24(28)18-10-7-16(8-11-18)9-12-19-13-20(26)14-21(25)23(19)30-15-22(27)17-5-3-2-4-6-17/h2-8,10-11,13-14H,9,12,15H2,1H3. The average Bonchev–Trinajstić information content (AvgIpc) is 2.77. The number of methoxy groups -OCH3 is 1. The SMILES string of the molecule is COC(=O)c1ccc(CCc2cc(Cl)cc(Br)c2OCC(=O)c2ccccc2)cc1. The molecule has 0 fully saturated rings. The number of Topliss-reactive ketones (excluding diaryl/α,β-unsaturated/α-hetero) is 1. The molecule has 0 saturated heterocycles. The van der Waals surface area contributed by atoms with E-state index in [0.29, 0.717) is 32.8 Å². The van der Waals surface area contributed by atoms with Gasteiger partial charge in [-0.05, 0) is 64.2 Å². The first-order valence-corrected chi connectivity index (χ1v) is 10.5. The highest BCUT2D eigenvalue weighted by Crippen LogP contribution is 2.34. The van der Waals surface area contributed by atoms with Crippen LogP contribution in [0.15, 0.2) is 71.2 Å². The van der Waals surface area contributed by atoms with Crippen molar-refractivity contribution in [3.05, 3.63) is 98.5 Å². The molecular formula is C24H20BrClO4. The minimum atomic E-state index is -0.362. The molecule has 0 N–H and O–H groups in total. The summed E-state index contributed by atoms with van der Waals surface area (Å²) in [6, 6.07) is 19.9. The van der Waals surface area contributed by atoms with E-state index in [1.54, 1.807) is 30.3 Å². The van der Waals surface area contributed by atoms with Gasteiger partial charge in [0.25, 0.3) is 0 Å². The van der Waals surface area contributed by atoms with Gasteiger partial charge in [-0.25, -0.2) is 4.79 Å². The van der Waals surface area contributed by atoms with Gasteiger partial charge < -0.3 is 9.47 Å². The molecule has 0 atom stereocenters. The first-order valence-electron chi connectivity index (χ1n) is 9.34. The van der Waals surface area contributed by atoms with Crippen LogP contribution in [0.25, 0.3) is 0 Å². The van der Waals surface area contributed by atoms with Gasteiger partial charge in [0.15, 0.2) is 12.4 Å². The number of rotatable bonds is 8. The fraction of sp³-hybridized carbons (Fsp3) is 0.167. The van der Waals surface area contributed by atoms with E-state index in [0.717, 1.165) is 17.5 Å². The number of aryl methyl sites for hydroxylation is 2. The largest absolute Gasteiger partial charge is 0.484 e. The fourth-order valence-electron chi connectivity index (χ4n) is 3.01. The summed E-state index contributed by atoms with van der Waals surface area (Å²) >= 11 is 9.72. The second-order valence-electron chi connectivity index (χ2n) is 6.64. The number of benzene rings is 3. The van der Waals surface area contributed by atoms with Crippen LogP contribution in [-0.4, -0.2) is 25.5 Å². The molecule has 0 radical (unpaired) electrons. The molecule has 0 aliphatic carbocycles. The van der Waals surface area contributed by atoms with E-state index in [-0.39, 0.29) is 18.4 Å². The molecular weight excluding hydrogens is 468 g/mol. The zero-order valence-corrected chi connectivity index (χ0v) is 18.7. The fourth-order valence-corrected chi connectivity index (χ4v) is 4.00. The van der Waals surface area contributed by atoms with Crippen molar-refractivity contribution < 1.29 is 19.1 Å². The summed E-state index contributed by atoms with van der Waals surface area (Å²) in [5.74, 6) is 0.149. The molecule has 0 saturated carbocycles. The number of ether oxygens (including phenoxy) is 2. The molecule has 3 aromatic carbocycles. The minimum absolute atomic E-state index is 0.0644. The number of carbonyl (C=O) groups excluding carboxylic acids is 2. The van der Waals surface area contributed by atoms with Crippen LogP contribution in [0.1, 0.15) is 31.8 Å². The van der Waals surface area contributed by atoms with Gasteiger partial charge in [-0.3, -0.25) is 4.79 Å². The summed E-state index contributed by atoms with van der Waals surface area (Å²) in [4.78, 5) is 24.0. The van der Waals surface area contributed by atoms with Crippen LogP contribution in [0, 0.1) is 0 Å². The van der Waals surface area contributed by atoms with Crippen molar-refractivity contribution >= 4 is 39.3 Å². The zero-order chi connectivity index (χ0) is 21.5. The van der Waals surface area contributed by atoms with E-state index in [2.05, 4.69) is 15.9 Å². The number of hydrogen-bond acceptors (Lipinski definition) is 4. The Bertz CT molecular complexity index is 1030. The van der Waals surface area contributed by atoms with E-state index < -0.39 is 0 Å². The van der Waals surface area contributed by atoms with Crippen LogP contribution < -0.4 is 4.74 Å². The second-order valence-corrected chi connectivity index (χ2v) is 7.93. The number of halogens is 2. The van der Waals surface area contributed by atoms with Gasteiger partial charge in [0.1, 0.15) is 5.75 Å². The first-order chi connectivity index (χ1) is 14.5. The highest BCUT2D eigenvalue weighted by Gasteiger charge is 2.14. The Balaban J connectivity index is 1.71. The third-order valence-corrected chi connectivity index (χ3v) is 5.39. The lowest BCUT2D eigenvalue weighted by Crippen LogP contribution is -2.13. The summed E-state index contributed by atoms with van der Waals surface area (Å²) < 4.78 is 11.3. The number of carbonyl (C=O) groups is 2. The monoisotopic (exact) mass is 486 g/mol. The molecule has 154 valence electrons. The zero-order valence-electron chi connectivity index (χ0n) is 16.4. The van der Waals surface area contributed by atoms with Gasteiger partial charge in [0.2, 0.25) is 0 Å². The number of esters is 1.